The quantitative estimate of drug-likeness (QED) is 0.757. The third-order valence-corrected chi connectivity index (χ3v) is 4.31. The van der Waals surface area contributed by atoms with Gasteiger partial charge in [-0.3, -0.25) is 4.68 Å². The molecular weight excluding hydrogens is 240 g/mol. The van der Waals surface area contributed by atoms with Crippen molar-refractivity contribution in [1.82, 2.24) is 14.1 Å². The monoisotopic (exact) mass is 260 g/mol. The van der Waals surface area contributed by atoms with Gasteiger partial charge in [0.25, 0.3) is 0 Å². The zero-order valence-corrected chi connectivity index (χ0v) is 11.2. The molecule has 1 aromatic heterocycles. The molecule has 0 aliphatic heterocycles. The van der Waals surface area contributed by atoms with E-state index in [9.17, 15) is 8.42 Å². The zero-order valence-electron chi connectivity index (χ0n) is 10.3. The van der Waals surface area contributed by atoms with Crippen molar-refractivity contribution in [2.45, 2.75) is 24.7 Å². The Hall–Kier alpha value is -0.920. The number of sulfonamides is 1. The van der Waals surface area contributed by atoms with E-state index in [1.54, 1.807) is 7.05 Å². The van der Waals surface area contributed by atoms with E-state index >= 15 is 0 Å². The van der Waals surface area contributed by atoms with Crippen LogP contribution in [0.15, 0.2) is 17.3 Å². The molecule has 2 N–H and O–H groups in total. The lowest BCUT2D eigenvalue weighted by molar-refractivity contribution is 0.410. The fraction of sp³-hybridized carbons (Fsp3) is 0.700. The van der Waals surface area contributed by atoms with Crippen LogP contribution >= 0.6 is 0 Å². The van der Waals surface area contributed by atoms with Crippen molar-refractivity contribution in [3.8, 4) is 0 Å². The van der Waals surface area contributed by atoms with E-state index in [4.69, 9.17) is 5.73 Å². The van der Waals surface area contributed by atoms with Crippen LogP contribution in [0.1, 0.15) is 19.8 Å². The van der Waals surface area contributed by atoms with Crippen LogP contribution < -0.4 is 5.73 Å². The summed E-state index contributed by atoms with van der Waals surface area (Å²) in [5.41, 5.74) is 5.45. The largest absolute Gasteiger partial charge is 0.329 e. The van der Waals surface area contributed by atoms with Crippen molar-refractivity contribution in [3.05, 3.63) is 12.4 Å². The number of hydrogen-bond acceptors (Lipinski definition) is 4. The Bertz CT molecular complexity index is 441. The van der Waals surface area contributed by atoms with E-state index in [0.29, 0.717) is 19.6 Å². The van der Waals surface area contributed by atoms with Gasteiger partial charge in [0.2, 0.25) is 10.0 Å². The standard InChI is InChI=1S/C10H20N4O2S/c1-3-4-6-14(7-5-11)17(15,16)10-8-12-13(2)9-10/h8-9H,3-7,11H2,1-2H3. The summed E-state index contributed by atoms with van der Waals surface area (Å²) in [7, 11) is -1.75. The van der Waals surface area contributed by atoms with Crippen molar-refractivity contribution < 1.29 is 8.42 Å². The third-order valence-electron chi connectivity index (χ3n) is 2.46. The molecule has 0 fully saturated rings. The molecule has 0 atom stereocenters. The van der Waals surface area contributed by atoms with E-state index < -0.39 is 10.0 Å². The number of aromatic nitrogens is 2. The molecule has 0 aliphatic rings. The molecule has 0 bridgehead atoms. The maximum Gasteiger partial charge on any atom is 0.246 e. The molecule has 0 saturated heterocycles. The second-order valence-corrected chi connectivity index (χ2v) is 5.83. The number of nitrogens with two attached hydrogens (primary N) is 1. The number of aryl methyl sites for hydroxylation is 1. The Morgan fingerprint density at radius 1 is 1.47 bits per heavy atom. The lowest BCUT2D eigenvalue weighted by Gasteiger charge is -2.20. The topological polar surface area (TPSA) is 81.2 Å². The van der Waals surface area contributed by atoms with Gasteiger partial charge in [0.05, 0.1) is 6.20 Å². The van der Waals surface area contributed by atoms with Crippen LogP contribution in [0.5, 0.6) is 0 Å². The molecule has 1 heterocycles. The summed E-state index contributed by atoms with van der Waals surface area (Å²) >= 11 is 0. The van der Waals surface area contributed by atoms with Crippen LogP contribution in [0.4, 0.5) is 0 Å². The minimum atomic E-state index is -3.44. The van der Waals surface area contributed by atoms with Crippen LogP contribution in [0.3, 0.4) is 0 Å². The van der Waals surface area contributed by atoms with Gasteiger partial charge in [0.1, 0.15) is 4.90 Å². The third kappa shape index (κ3) is 3.52. The lowest BCUT2D eigenvalue weighted by atomic mass is 10.3. The van der Waals surface area contributed by atoms with Crippen molar-refractivity contribution in [1.29, 1.82) is 0 Å². The minimum Gasteiger partial charge on any atom is -0.329 e. The molecule has 0 radical (unpaired) electrons. The summed E-state index contributed by atoms with van der Waals surface area (Å²) in [6.07, 6.45) is 4.65. The molecule has 0 unspecified atom stereocenters. The van der Waals surface area contributed by atoms with Crippen LogP contribution in [-0.2, 0) is 17.1 Å². The van der Waals surface area contributed by atoms with Crippen molar-refractivity contribution in [2.24, 2.45) is 12.8 Å². The summed E-state index contributed by atoms with van der Waals surface area (Å²) in [5.74, 6) is 0. The predicted octanol–water partition coefficient (Wildman–Crippen LogP) is 0.170. The average Bonchev–Trinajstić information content (AvgIpc) is 2.71. The number of unbranched alkanes of at least 4 members (excludes halogenated alkanes) is 1. The SMILES string of the molecule is CCCCN(CCN)S(=O)(=O)c1cnn(C)c1. The molecule has 0 aromatic carbocycles. The van der Waals surface area contributed by atoms with E-state index in [-0.39, 0.29) is 4.90 Å². The molecule has 1 aromatic rings. The van der Waals surface area contributed by atoms with Crippen LogP contribution in [0, 0.1) is 0 Å². The smallest absolute Gasteiger partial charge is 0.246 e. The fourth-order valence-corrected chi connectivity index (χ4v) is 2.99. The average molecular weight is 260 g/mol. The molecule has 98 valence electrons. The lowest BCUT2D eigenvalue weighted by Crippen LogP contribution is -2.36. The first kappa shape index (κ1) is 14.1. The Balaban J connectivity index is 2.91. The van der Waals surface area contributed by atoms with Gasteiger partial charge in [0.15, 0.2) is 0 Å². The summed E-state index contributed by atoms with van der Waals surface area (Å²) in [6.45, 7) is 3.20. The number of hydrogen-bond donors (Lipinski definition) is 1. The van der Waals surface area contributed by atoms with Gasteiger partial charge in [0, 0.05) is 32.9 Å². The number of rotatable bonds is 7. The second-order valence-electron chi connectivity index (χ2n) is 3.90. The Morgan fingerprint density at radius 2 is 2.18 bits per heavy atom. The first-order chi connectivity index (χ1) is 8.02. The molecule has 0 amide bonds. The summed E-state index contributed by atoms with van der Waals surface area (Å²) in [6, 6.07) is 0. The highest BCUT2D eigenvalue weighted by Crippen LogP contribution is 2.14. The summed E-state index contributed by atoms with van der Waals surface area (Å²) < 4.78 is 27.4. The normalized spacial score (nSPS) is 12.2. The molecule has 0 spiro atoms. The zero-order chi connectivity index (χ0) is 12.9. The van der Waals surface area contributed by atoms with E-state index in [2.05, 4.69) is 5.10 Å². The van der Waals surface area contributed by atoms with Crippen molar-refractivity contribution in [3.63, 3.8) is 0 Å². The van der Waals surface area contributed by atoms with Gasteiger partial charge in [-0.05, 0) is 6.42 Å². The van der Waals surface area contributed by atoms with E-state index in [0.717, 1.165) is 12.8 Å². The molecule has 1 rings (SSSR count). The van der Waals surface area contributed by atoms with E-state index in [1.165, 1.54) is 21.4 Å². The van der Waals surface area contributed by atoms with Crippen molar-refractivity contribution >= 4 is 10.0 Å². The van der Waals surface area contributed by atoms with E-state index in [1.807, 2.05) is 6.92 Å². The molecule has 0 saturated carbocycles. The fourth-order valence-electron chi connectivity index (χ4n) is 1.51. The predicted molar refractivity (Wildman–Crippen MR) is 65.9 cm³/mol. The van der Waals surface area contributed by atoms with Gasteiger partial charge in [-0.1, -0.05) is 13.3 Å². The van der Waals surface area contributed by atoms with Gasteiger partial charge in [-0.2, -0.15) is 9.40 Å². The van der Waals surface area contributed by atoms with Gasteiger partial charge >= 0.3 is 0 Å². The van der Waals surface area contributed by atoms with Crippen LogP contribution in [0.25, 0.3) is 0 Å². The minimum absolute atomic E-state index is 0.226. The van der Waals surface area contributed by atoms with Gasteiger partial charge in [-0.25, -0.2) is 8.42 Å². The molecule has 6 nitrogen and oxygen atoms in total. The Morgan fingerprint density at radius 3 is 2.65 bits per heavy atom. The Labute approximate surface area is 102 Å². The first-order valence-corrected chi connectivity index (χ1v) is 7.15. The molecule has 17 heavy (non-hydrogen) atoms. The summed E-state index contributed by atoms with van der Waals surface area (Å²) in [5, 5.41) is 3.89. The number of nitrogens with zero attached hydrogens (tertiary/aromatic N) is 3. The van der Waals surface area contributed by atoms with Crippen LogP contribution in [0.2, 0.25) is 0 Å². The molecular formula is C10H20N4O2S. The molecule has 0 aliphatic carbocycles. The van der Waals surface area contributed by atoms with Crippen molar-refractivity contribution in [2.75, 3.05) is 19.6 Å². The maximum absolute atomic E-state index is 12.3. The molecule has 7 heteroatoms. The maximum atomic E-state index is 12.3. The van der Waals surface area contributed by atoms with Gasteiger partial charge < -0.3 is 5.73 Å². The Kier molecular flexibility index (Phi) is 5.10. The first-order valence-electron chi connectivity index (χ1n) is 5.71. The second kappa shape index (κ2) is 6.13. The highest BCUT2D eigenvalue weighted by atomic mass is 32.2. The highest BCUT2D eigenvalue weighted by Gasteiger charge is 2.24. The highest BCUT2D eigenvalue weighted by molar-refractivity contribution is 7.89. The summed E-state index contributed by atoms with van der Waals surface area (Å²) in [4.78, 5) is 0.226. The van der Waals surface area contributed by atoms with Crippen LogP contribution in [-0.4, -0.2) is 42.1 Å². The van der Waals surface area contributed by atoms with Gasteiger partial charge in [-0.15, -0.1) is 0 Å².